The number of carbonyl (C=O) groups is 1. The van der Waals surface area contributed by atoms with Crippen LogP contribution in [0.3, 0.4) is 0 Å². The van der Waals surface area contributed by atoms with E-state index in [0.29, 0.717) is 5.92 Å². The Bertz CT molecular complexity index is 799. The average molecular weight is 429 g/mol. The monoisotopic (exact) mass is 428 g/mol. The van der Waals surface area contributed by atoms with Gasteiger partial charge < -0.3 is 15.5 Å². The molecule has 162 valence electrons. The molecule has 0 radical (unpaired) electrons. The molecule has 8 heteroatoms. The first-order valence-electron chi connectivity index (χ1n) is 11.0. The Morgan fingerprint density at radius 2 is 2.03 bits per heavy atom. The topological polar surface area (TPSA) is 80.3 Å². The summed E-state index contributed by atoms with van der Waals surface area (Å²) in [6, 6.07) is 7.73. The highest BCUT2D eigenvalue weighted by Gasteiger charge is 2.25. The van der Waals surface area contributed by atoms with Crippen LogP contribution in [0.1, 0.15) is 43.7 Å². The lowest BCUT2D eigenvalue weighted by molar-refractivity contribution is -0.131. The molecule has 30 heavy (non-hydrogen) atoms. The maximum Gasteiger partial charge on any atom is 0.240 e. The van der Waals surface area contributed by atoms with E-state index < -0.39 is 0 Å². The number of amides is 1. The standard InChI is InChI=1S/C22H32N6OS/c23-19(22(29)27-15-16-30-17-27)5-2-4-12-26-13-8-18(9-14-26)20-7-11-25-28(20)21-6-1-3-10-24-21/h1,3,6-7,10-11,18-19H,2,4-5,8-9,12-17,23H2. The van der Waals surface area contributed by atoms with Crippen LogP contribution in [-0.2, 0) is 4.79 Å². The van der Waals surface area contributed by atoms with Crippen LogP contribution in [0.2, 0.25) is 0 Å². The third-order valence-electron chi connectivity index (χ3n) is 6.17. The number of aromatic nitrogens is 3. The number of piperidine rings is 1. The molecule has 0 bridgehead atoms. The third kappa shape index (κ3) is 5.22. The van der Waals surface area contributed by atoms with Crippen molar-refractivity contribution in [3.05, 3.63) is 42.4 Å². The lowest BCUT2D eigenvalue weighted by Crippen LogP contribution is -2.42. The van der Waals surface area contributed by atoms with E-state index in [-0.39, 0.29) is 11.9 Å². The molecule has 2 saturated heterocycles. The molecule has 0 spiro atoms. The lowest BCUT2D eigenvalue weighted by atomic mass is 9.93. The van der Waals surface area contributed by atoms with E-state index >= 15 is 0 Å². The van der Waals surface area contributed by atoms with E-state index in [1.54, 1.807) is 0 Å². The van der Waals surface area contributed by atoms with Crippen molar-refractivity contribution in [2.24, 2.45) is 5.73 Å². The molecule has 1 atom stereocenters. The van der Waals surface area contributed by atoms with E-state index in [1.807, 2.05) is 51.9 Å². The summed E-state index contributed by atoms with van der Waals surface area (Å²) < 4.78 is 1.98. The van der Waals surface area contributed by atoms with Crippen molar-refractivity contribution in [2.45, 2.75) is 44.1 Å². The Hall–Kier alpha value is -1.90. The van der Waals surface area contributed by atoms with Gasteiger partial charge in [0.25, 0.3) is 0 Å². The zero-order valence-electron chi connectivity index (χ0n) is 17.5. The van der Waals surface area contributed by atoms with Gasteiger partial charge in [-0.25, -0.2) is 9.67 Å². The van der Waals surface area contributed by atoms with Gasteiger partial charge >= 0.3 is 0 Å². The molecule has 0 aliphatic carbocycles. The van der Waals surface area contributed by atoms with Crippen LogP contribution in [0.15, 0.2) is 36.7 Å². The minimum absolute atomic E-state index is 0.130. The molecular formula is C22H32N6OS. The van der Waals surface area contributed by atoms with Crippen LogP contribution < -0.4 is 5.73 Å². The predicted octanol–water partition coefficient (Wildman–Crippen LogP) is 2.48. The Kier molecular flexibility index (Phi) is 7.41. The first kappa shape index (κ1) is 21.3. The Balaban J connectivity index is 1.18. The van der Waals surface area contributed by atoms with Gasteiger partial charge in [-0.3, -0.25) is 4.79 Å². The van der Waals surface area contributed by atoms with Crippen LogP contribution in [-0.4, -0.2) is 74.3 Å². The number of likely N-dealkylation sites (tertiary alicyclic amines) is 1. The van der Waals surface area contributed by atoms with Gasteiger partial charge in [0.2, 0.25) is 5.91 Å². The van der Waals surface area contributed by atoms with Gasteiger partial charge in [0.15, 0.2) is 5.82 Å². The average Bonchev–Trinajstić information content (AvgIpc) is 3.49. The summed E-state index contributed by atoms with van der Waals surface area (Å²) in [5, 5.41) is 4.50. The number of rotatable bonds is 8. The van der Waals surface area contributed by atoms with Gasteiger partial charge in [-0.2, -0.15) is 5.10 Å². The zero-order valence-corrected chi connectivity index (χ0v) is 18.3. The molecule has 0 saturated carbocycles. The van der Waals surface area contributed by atoms with Crippen molar-refractivity contribution >= 4 is 17.7 Å². The fourth-order valence-corrected chi connectivity index (χ4v) is 5.35. The van der Waals surface area contributed by atoms with Gasteiger partial charge in [-0.05, 0) is 63.5 Å². The number of unbranched alkanes of at least 4 members (excludes halogenated alkanes) is 1. The van der Waals surface area contributed by atoms with Crippen molar-refractivity contribution in [3.63, 3.8) is 0 Å². The van der Waals surface area contributed by atoms with Crippen LogP contribution in [0.25, 0.3) is 5.82 Å². The van der Waals surface area contributed by atoms with Gasteiger partial charge in [-0.1, -0.05) is 12.5 Å². The summed E-state index contributed by atoms with van der Waals surface area (Å²) in [5.41, 5.74) is 7.39. The first-order valence-corrected chi connectivity index (χ1v) is 12.2. The molecule has 0 aromatic carbocycles. The molecule has 2 aromatic rings. The van der Waals surface area contributed by atoms with E-state index in [2.05, 4.69) is 21.0 Å². The molecule has 4 heterocycles. The Morgan fingerprint density at radius 3 is 2.77 bits per heavy atom. The molecule has 2 aromatic heterocycles. The van der Waals surface area contributed by atoms with Crippen molar-refractivity contribution in [1.82, 2.24) is 24.6 Å². The minimum atomic E-state index is -0.332. The molecule has 7 nitrogen and oxygen atoms in total. The van der Waals surface area contributed by atoms with Gasteiger partial charge in [0.05, 0.1) is 11.9 Å². The SMILES string of the molecule is NC(CCCCN1CCC(c2ccnn2-c2ccccn2)CC1)C(=O)N1CCSC1. The summed E-state index contributed by atoms with van der Waals surface area (Å²) in [6.07, 6.45) is 8.88. The summed E-state index contributed by atoms with van der Waals surface area (Å²) in [7, 11) is 0. The van der Waals surface area contributed by atoms with Crippen LogP contribution in [0, 0.1) is 0 Å². The number of nitrogens with two attached hydrogens (primary N) is 1. The van der Waals surface area contributed by atoms with Crippen molar-refractivity contribution in [1.29, 1.82) is 0 Å². The quantitative estimate of drug-likeness (QED) is 0.651. The first-order chi connectivity index (χ1) is 14.7. The summed E-state index contributed by atoms with van der Waals surface area (Å²) in [5.74, 6) is 3.39. The van der Waals surface area contributed by atoms with Gasteiger partial charge in [0, 0.05) is 36.3 Å². The maximum atomic E-state index is 12.3. The van der Waals surface area contributed by atoms with E-state index in [0.717, 1.165) is 75.7 Å². The highest BCUT2D eigenvalue weighted by atomic mass is 32.2. The number of nitrogens with zero attached hydrogens (tertiary/aromatic N) is 5. The molecule has 1 unspecified atom stereocenters. The van der Waals surface area contributed by atoms with E-state index in [9.17, 15) is 4.79 Å². The van der Waals surface area contributed by atoms with Gasteiger partial charge in [-0.15, -0.1) is 11.8 Å². The molecular weight excluding hydrogens is 396 g/mol. The van der Waals surface area contributed by atoms with Crippen molar-refractivity contribution in [3.8, 4) is 5.82 Å². The van der Waals surface area contributed by atoms with Crippen molar-refractivity contribution < 1.29 is 4.79 Å². The lowest BCUT2D eigenvalue weighted by Gasteiger charge is -2.32. The smallest absolute Gasteiger partial charge is 0.240 e. The van der Waals surface area contributed by atoms with Gasteiger partial charge in [0.1, 0.15) is 0 Å². The molecule has 2 fully saturated rings. The number of carbonyl (C=O) groups excluding carboxylic acids is 1. The fourth-order valence-electron chi connectivity index (χ4n) is 4.39. The molecule has 4 rings (SSSR count). The summed E-state index contributed by atoms with van der Waals surface area (Å²) in [4.78, 5) is 21.2. The number of thioether (sulfide) groups is 1. The second-order valence-electron chi connectivity index (χ2n) is 8.21. The Morgan fingerprint density at radius 1 is 1.17 bits per heavy atom. The number of pyridine rings is 1. The summed E-state index contributed by atoms with van der Waals surface area (Å²) in [6.45, 7) is 4.15. The molecule has 1 amide bonds. The molecule has 2 N–H and O–H groups in total. The Labute approximate surface area is 183 Å². The number of hydrogen-bond donors (Lipinski definition) is 1. The van der Waals surface area contributed by atoms with Crippen molar-refractivity contribution in [2.75, 3.05) is 37.8 Å². The number of hydrogen-bond acceptors (Lipinski definition) is 6. The third-order valence-corrected chi connectivity index (χ3v) is 7.13. The zero-order chi connectivity index (χ0) is 20.8. The minimum Gasteiger partial charge on any atom is -0.331 e. The molecule has 2 aliphatic rings. The second-order valence-corrected chi connectivity index (χ2v) is 9.29. The normalized spacial score (nSPS) is 19.3. The maximum absolute atomic E-state index is 12.3. The summed E-state index contributed by atoms with van der Waals surface area (Å²) >= 11 is 1.81. The van der Waals surface area contributed by atoms with Crippen LogP contribution in [0.4, 0.5) is 0 Å². The fraction of sp³-hybridized carbons (Fsp3) is 0.591. The molecule has 2 aliphatic heterocycles. The van der Waals surface area contributed by atoms with E-state index in [1.165, 1.54) is 5.69 Å². The van der Waals surface area contributed by atoms with E-state index in [4.69, 9.17) is 5.73 Å². The van der Waals surface area contributed by atoms with Crippen LogP contribution >= 0.6 is 11.8 Å². The van der Waals surface area contributed by atoms with Crippen LogP contribution in [0.5, 0.6) is 0 Å². The predicted molar refractivity (Wildman–Crippen MR) is 121 cm³/mol. The second kappa shape index (κ2) is 10.4. The highest BCUT2D eigenvalue weighted by Crippen LogP contribution is 2.29. The highest BCUT2D eigenvalue weighted by molar-refractivity contribution is 7.99. The largest absolute Gasteiger partial charge is 0.331 e.